The molecule has 7 nitrogen and oxygen atoms in total. The minimum Gasteiger partial charge on any atom is -0.439 e. The van der Waals surface area contributed by atoms with Gasteiger partial charge in [-0.2, -0.15) is 9.61 Å². The molecule has 1 aromatic carbocycles. The third-order valence-corrected chi connectivity index (χ3v) is 4.04. The van der Waals surface area contributed by atoms with E-state index >= 15 is 0 Å². The Morgan fingerprint density at radius 3 is 2.81 bits per heavy atom. The van der Waals surface area contributed by atoms with Crippen molar-refractivity contribution < 1.29 is 9.53 Å². The highest BCUT2D eigenvalue weighted by atomic mass is 79.9. The van der Waals surface area contributed by atoms with Gasteiger partial charge in [-0.1, -0.05) is 22.0 Å². The zero-order valence-electron chi connectivity index (χ0n) is 13.3. The van der Waals surface area contributed by atoms with Crippen LogP contribution in [0.4, 0.5) is 5.82 Å². The number of hydrogen-bond donors (Lipinski definition) is 1. The van der Waals surface area contributed by atoms with Crippen molar-refractivity contribution in [2.75, 3.05) is 5.32 Å². The lowest BCUT2D eigenvalue weighted by Crippen LogP contribution is -2.15. The number of aromatic nitrogens is 4. The van der Waals surface area contributed by atoms with E-state index in [1.807, 2.05) is 24.3 Å². The molecular formula is C18H12BrN5O2. The predicted molar refractivity (Wildman–Crippen MR) is 99.4 cm³/mol. The van der Waals surface area contributed by atoms with Crippen molar-refractivity contribution in [2.24, 2.45) is 0 Å². The summed E-state index contributed by atoms with van der Waals surface area (Å²) in [7, 11) is 0. The van der Waals surface area contributed by atoms with Gasteiger partial charge in [-0.15, -0.1) is 0 Å². The van der Waals surface area contributed by atoms with Gasteiger partial charge in [0.1, 0.15) is 11.6 Å². The van der Waals surface area contributed by atoms with Gasteiger partial charge in [-0.05, 0) is 30.3 Å². The molecule has 1 amide bonds. The third kappa shape index (κ3) is 3.40. The minimum absolute atomic E-state index is 0.297. The van der Waals surface area contributed by atoms with Crippen LogP contribution in [0, 0.1) is 0 Å². The quantitative estimate of drug-likeness (QED) is 0.552. The molecule has 0 spiro atoms. The van der Waals surface area contributed by atoms with Crippen LogP contribution in [0.3, 0.4) is 0 Å². The maximum Gasteiger partial charge on any atom is 0.258 e. The van der Waals surface area contributed by atoms with Gasteiger partial charge < -0.3 is 10.1 Å². The van der Waals surface area contributed by atoms with Crippen LogP contribution in [0.1, 0.15) is 10.4 Å². The Labute approximate surface area is 156 Å². The molecule has 0 saturated heterocycles. The lowest BCUT2D eigenvalue weighted by atomic mass is 10.2. The van der Waals surface area contributed by atoms with E-state index in [-0.39, 0.29) is 5.91 Å². The Morgan fingerprint density at radius 2 is 2.00 bits per heavy atom. The van der Waals surface area contributed by atoms with Crippen LogP contribution >= 0.6 is 15.9 Å². The van der Waals surface area contributed by atoms with E-state index in [0.717, 1.165) is 4.47 Å². The van der Waals surface area contributed by atoms with E-state index in [4.69, 9.17) is 4.74 Å². The number of nitrogens with one attached hydrogen (secondary N) is 1. The van der Waals surface area contributed by atoms with Crippen LogP contribution in [0.25, 0.3) is 5.65 Å². The van der Waals surface area contributed by atoms with Gasteiger partial charge in [-0.25, -0.2) is 9.97 Å². The second-order valence-electron chi connectivity index (χ2n) is 5.33. The summed E-state index contributed by atoms with van der Waals surface area (Å²) in [6, 6.07) is 14.2. The van der Waals surface area contributed by atoms with Gasteiger partial charge in [0, 0.05) is 29.0 Å². The smallest absolute Gasteiger partial charge is 0.258 e. The summed E-state index contributed by atoms with van der Waals surface area (Å²) < 4.78 is 8.13. The van der Waals surface area contributed by atoms with Crippen molar-refractivity contribution in [1.82, 2.24) is 19.6 Å². The van der Waals surface area contributed by atoms with Gasteiger partial charge in [0.2, 0.25) is 5.88 Å². The van der Waals surface area contributed by atoms with Gasteiger partial charge in [0.25, 0.3) is 5.91 Å². The van der Waals surface area contributed by atoms with Crippen molar-refractivity contribution in [2.45, 2.75) is 0 Å². The van der Waals surface area contributed by atoms with E-state index in [1.165, 1.54) is 6.20 Å². The monoisotopic (exact) mass is 409 g/mol. The Morgan fingerprint density at radius 1 is 1.08 bits per heavy atom. The van der Waals surface area contributed by atoms with Crippen molar-refractivity contribution in [3.63, 3.8) is 0 Å². The zero-order valence-corrected chi connectivity index (χ0v) is 14.9. The number of pyridine rings is 1. The maximum atomic E-state index is 12.4. The number of benzene rings is 1. The van der Waals surface area contributed by atoms with E-state index in [0.29, 0.717) is 28.7 Å². The second-order valence-corrected chi connectivity index (χ2v) is 6.25. The number of hydrogen-bond acceptors (Lipinski definition) is 5. The topological polar surface area (TPSA) is 81.4 Å². The molecule has 0 radical (unpaired) electrons. The number of amides is 1. The predicted octanol–water partition coefficient (Wildman–Crippen LogP) is 3.93. The van der Waals surface area contributed by atoms with E-state index in [2.05, 4.69) is 36.3 Å². The molecule has 0 aliphatic heterocycles. The van der Waals surface area contributed by atoms with Gasteiger partial charge >= 0.3 is 0 Å². The first-order valence-electron chi connectivity index (χ1n) is 7.69. The summed E-state index contributed by atoms with van der Waals surface area (Å²) in [6.07, 6.45) is 4.69. The molecule has 0 atom stereocenters. The number of fused-ring (bicyclic) bond motifs is 1. The summed E-state index contributed by atoms with van der Waals surface area (Å²) in [5, 5.41) is 6.93. The molecule has 0 saturated carbocycles. The summed E-state index contributed by atoms with van der Waals surface area (Å²) in [4.78, 5) is 20.8. The van der Waals surface area contributed by atoms with Crippen LogP contribution < -0.4 is 10.1 Å². The van der Waals surface area contributed by atoms with Gasteiger partial charge in [0.15, 0.2) is 5.65 Å². The number of nitrogens with zero attached hydrogens (tertiary/aromatic N) is 4. The molecule has 0 aliphatic rings. The molecule has 0 aliphatic carbocycles. The lowest BCUT2D eigenvalue weighted by Gasteiger charge is -2.08. The van der Waals surface area contributed by atoms with Gasteiger partial charge in [-0.3, -0.25) is 4.79 Å². The molecule has 0 bridgehead atoms. The summed E-state index contributed by atoms with van der Waals surface area (Å²) >= 11 is 3.39. The Hall–Kier alpha value is -3.26. The Kier molecular flexibility index (Phi) is 4.32. The van der Waals surface area contributed by atoms with Crippen molar-refractivity contribution in [1.29, 1.82) is 0 Å². The third-order valence-electron chi connectivity index (χ3n) is 3.55. The maximum absolute atomic E-state index is 12.4. The number of carbonyl (C=O) groups is 1. The number of carbonyl (C=O) groups excluding carboxylic acids is 1. The zero-order chi connectivity index (χ0) is 17.9. The SMILES string of the molecule is O=C(Nc1ccnc2ccnn12)c1ccc(Oc2cccc(Br)c2)nc1. The number of rotatable bonds is 4. The number of halogens is 1. The van der Waals surface area contributed by atoms with Crippen molar-refractivity contribution >= 4 is 33.3 Å². The van der Waals surface area contributed by atoms with Crippen LogP contribution in [0.15, 0.2) is 71.6 Å². The second kappa shape index (κ2) is 6.93. The molecule has 0 unspecified atom stereocenters. The fraction of sp³-hybridized carbons (Fsp3) is 0. The average Bonchev–Trinajstić information content (AvgIpc) is 3.12. The van der Waals surface area contributed by atoms with Crippen LogP contribution in [0.2, 0.25) is 0 Å². The van der Waals surface area contributed by atoms with Gasteiger partial charge in [0.05, 0.1) is 11.8 Å². The molecule has 0 fully saturated rings. The highest BCUT2D eigenvalue weighted by Crippen LogP contribution is 2.23. The molecular weight excluding hydrogens is 398 g/mol. The van der Waals surface area contributed by atoms with Crippen LogP contribution in [-0.2, 0) is 0 Å². The minimum atomic E-state index is -0.297. The van der Waals surface area contributed by atoms with E-state index in [9.17, 15) is 4.79 Å². The molecule has 3 heterocycles. The van der Waals surface area contributed by atoms with E-state index in [1.54, 1.807) is 41.2 Å². The molecule has 8 heteroatoms. The first kappa shape index (κ1) is 16.2. The average molecular weight is 410 g/mol. The van der Waals surface area contributed by atoms with E-state index < -0.39 is 0 Å². The number of anilines is 1. The fourth-order valence-electron chi connectivity index (χ4n) is 2.34. The Balaban J connectivity index is 1.49. The highest BCUT2D eigenvalue weighted by Gasteiger charge is 2.10. The summed E-state index contributed by atoms with van der Waals surface area (Å²) in [6.45, 7) is 0. The Bertz CT molecular complexity index is 1080. The summed E-state index contributed by atoms with van der Waals surface area (Å²) in [5.74, 6) is 1.29. The first-order chi connectivity index (χ1) is 12.7. The number of ether oxygens (including phenoxy) is 1. The molecule has 4 rings (SSSR count). The molecule has 26 heavy (non-hydrogen) atoms. The van der Waals surface area contributed by atoms with Crippen LogP contribution in [0.5, 0.6) is 11.6 Å². The lowest BCUT2D eigenvalue weighted by molar-refractivity contribution is 0.102. The normalized spacial score (nSPS) is 10.7. The first-order valence-corrected chi connectivity index (χ1v) is 8.48. The van der Waals surface area contributed by atoms with Crippen molar-refractivity contribution in [3.05, 3.63) is 77.2 Å². The van der Waals surface area contributed by atoms with Crippen LogP contribution in [-0.4, -0.2) is 25.5 Å². The standard InChI is InChI=1S/C18H12BrN5O2/c19-13-2-1-3-14(10-13)26-17-5-4-12(11-21-17)18(25)23-16-6-8-20-15-7-9-22-24(15)16/h1-11H,(H,23,25). The fourth-order valence-corrected chi connectivity index (χ4v) is 2.72. The largest absolute Gasteiger partial charge is 0.439 e. The summed E-state index contributed by atoms with van der Waals surface area (Å²) in [5.41, 5.74) is 1.06. The molecule has 4 aromatic rings. The highest BCUT2D eigenvalue weighted by molar-refractivity contribution is 9.10. The molecule has 128 valence electrons. The molecule has 3 aromatic heterocycles. The molecule has 1 N–H and O–H groups in total. The van der Waals surface area contributed by atoms with Crippen molar-refractivity contribution in [3.8, 4) is 11.6 Å².